The Morgan fingerprint density at radius 1 is 1.26 bits per heavy atom. The molecule has 5 nitrogen and oxygen atoms in total. The molecule has 1 N–H and O–H groups in total. The van der Waals surface area contributed by atoms with Crippen LogP contribution in [0.1, 0.15) is 25.0 Å². The van der Waals surface area contributed by atoms with Crippen LogP contribution in [0.25, 0.3) is 11.0 Å². The predicted octanol–water partition coefficient (Wildman–Crippen LogP) is 2.52. The molecule has 2 aromatic rings. The Morgan fingerprint density at radius 3 is 2.89 bits per heavy atom. The number of amides is 2. The summed E-state index contributed by atoms with van der Waals surface area (Å²) in [5.41, 5.74) is 1.53. The minimum atomic E-state index is -0.00761. The van der Waals surface area contributed by atoms with E-state index in [2.05, 4.69) is 10.5 Å². The Kier molecular flexibility index (Phi) is 3.35. The molecule has 0 saturated carbocycles. The molecule has 0 spiro atoms. The van der Waals surface area contributed by atoms with E-state index in [0.717, 1.165) is 42.6 Å². The van der Waals surface area contributed by atoms with Crippen LogP contribution in [0.4, 0.5) is 4.79 Å². The normalized spacial score (nSPS) is 15.7. The Morgan fingerprint density at radius 2 is 2.05 bits per heavy atom. The summed E-state index contributed by atoms with van der Waals surface area (Å²) in [6.07, 6.45) is 3.42. The topological polar surface area (TPSA) is 58.4 Å². The quantitative estimate of drug-likeness (QED) is 0.901. The maximum Gasteiger partial charge on any atom is 0.317 e. The summed E-state index contributed by atoms with van der Waals surface area (Å²) >= 11 is 0. The highest BCUT2D eigenvalue weighted by atomic mass is 16.5. The molecule has 0 unspecified atom stereocenters. The molecular formula is C14H17N3O2. The minimum Gasteiger partial charge on any atom is -0.356 e. The molecule has 1 fully saturated rings. The van der Waals surface area contributed by atoms with Gasteiger partial charge in [-0.3, -0.25) is 0 Å². The zero-order valence-electron chi connectivity index (χ0n) is 10.8. The molecule has 1 saturated heterocycles. The van der Waals surface area contributed by atoms with E-state index in [1.54, 1.807) is 0 Å². The first-order valence-corrected chi connectivity index (χ1v) is 6.70. The van der Waals surface area contributed by atoms with E-state index in [-0.39, 0.29) is 6.03 Å². The number of piperidine rings is 1. The van der Waals surface area contributed by atoms with Crippen molar-refractivity contribution in [3.63, 3.8) is 0 Å². The summed E-state index contributed by atoms with van der Waals surface area (Å²) in [5, 5.41) is 7.88. The average Bonchev–Trinajstić information content (AvgIpc) is 2.89. The van der Waals surface area contributed by atoms with E-state index in [9.17, 15) is 4.79 Å². The van der Waals surface area contributed by atoms with Gasteiger partial charge in [-0.05, 0) is 31.4 Å². The van der Waals surface area contributed by atoms with Crippen molar-refractivity contribution in [1.82, 2.24) is 15.4 Å². The first-order chi connectivity index (χ1) is 9.34. The van der Waals surface area contributed by atoms with E-state index in [1.165, 1.54) is 6.42 Å². The molecule has 0 atom stereocenters. The second kappa shape index (κ2) is 5.30. The molecule has 0 bridgehead atoms. The fourth-order valence-corrected chi connectivity index (χ4v) is 2.43. The third-order valence-electron chi connectivity index (χ3n) is 3.50. The van der Waals surface area contributed by atoms with Gasteiger partial charge in [0.25, 0.3) is 0 Å². The highest BCUT2D eigenvalue weighted by Gasteiger charge is 2.16. The molecule has 1 aromatic carbocycles. The van der Waals surface area contributed by atoms with Gasteiger partial charge < -0.3 is 14.7 Å². The van der Waals surface area contributed by atoms with E-state index in [1.807, 2.05) is 29.2 Å². The van der Waals surface area contributed by atoms with E-state index >= 15 is 0 Å². The summed E-state index contributed by atoms with van der Waals surface area (Å²) in [4.78, 5) is 13.9. The third kappa shape index (κ3) is 2.54. The fraction of sp³-hybridized carbons (Fsp3) is 0.429. The van der Waals surface area contributed by atoms with Crippen molar-refractivity contribution in [1.29, 1.82) is 0 Å². The second-order valence-corrected chi connectivity index (χ2v) is 4.83. The van der Waals surface area contributed by atoms with Crippen molar-refractivity contribution >= 4 is 17.0 Å². The molecular weight excluding hydrogens is 242 g/mol. The van der Waals surface area contributed by atoms with Gasteiger partial charge in [0.15, 0.2) is 5.58 Å². The van der Waals surface area contributed by atoms with Crippen molar-refractivity contribution in [2.75, 3.05) is 13.1 Å². The summed E-state index contributed by atoms with van der Waals surface area (Å²) in [5.74, 6) is 0. The lowest BCUT2D eigenvalue weighted by atomic mass is 10.1. The van der Waals surface area contributed by atoms with Gasteiger partial charge in [-0.25, -0.2) is 4.79 Å². The number of hydrogen-bond donors (Lipinski definition) is 1. The van der Waals surface area contributed by atoms with Gasteiger partial charge in [0.05, 0.1) is 6.54 Å². The number of urea groups is 1. The molecule has 100 valence electrons. The van der Waals surface area contributed by atoms with E-state index in [0.29, 0.717) is 6.54 Å². The van der Waals surface area contributed by atoms with Gasteiger partial charge in [0.2, 0.25) is 0 Å². The maximum absolute atomic E-state index is 12.0. The van der Waals surface area contributed by atoms with Gasteiger partial charge in [-0.2, -0.15) is 0 Å². The molecule has 5 heteroatoms. The zero-order chi connectivity index (χ0) is 13.1. The van der Waals surface area contributed by atoms with Crippen molar-refractivity contribution in [2.45, 2.75) is 25.8 Å². The number of aromatic nitrogens is 1. The first kappa shape index (κ1) is 12.0. The number of carbonyl (C=O) groups excluding carboxylic acids is 1. The number of carbonyl (C=O) groups is 1. The number of nitrogens with zero attached hydrogens (tertiary/aromatic N) is 2. The Balaban J connectivity index is 1.64. The van der Waals surface area contributed by atoms with Gasteiger partial charge in [0, 0.05) is 18.5 Å². The Bertz CT molecular complexity index is 573. The number of likely N-dealkylation sites (tertiary alicyclic amines) is 1. The lowest BCUT2D eigenvalue weighted by molar-refractivity contribution is 0.186. The van der Waals surface area contributed by atoms with Crippen molar-refractivity contribution in [3.05, 3.63) is 30.0 Å². The Labute approximate surface area is 111 Å². The first-order valence-electron chi connectivity index (χ1n) is 6.70. The summed E-state index contributed by atoms with van der Waals surface area (Å²) < 4.78 is 5.21. The SMILES string of the molecule is O=C(NCc1noc2ccccc12)N1CCCCC1. The zero-order valence-corrected chi connectivity index (χ0v) is 10.8. The van der Waals surface area contributed by atoms with Gasteiger partial charge in [-0.1, -0.05) is 17.3 Å². The number of hydrogen-bond acceptors (Lipinski definition) is 3. The molecule has 2 heterocycles. The van der Waals surface area contributed by atoms with Crippen LogP contribution in [0.15, 0.2) is 28.8 Å². The molecule has 2 amide bonds. The molecule has 1 aliphatic rings. The summed E-state index contributed by atoms with van der Waals surface area (Å²) in [6.45, 7) is 2.11. The van der Waals surface area contributed by atoms with Crippen molar-refractivity contribution in [2.24, 2.45) is 0 Å². The van der Waals surface area contributed by atoms with E-state index in [4.69, 9.17) is 4.52 Å². The number of benzene rings is 1. The van der Waals surface area contributed by atoms with Gasteiger partial charge in [-0.15, -0.1) is 0 Å². The molecule has 3 rings (SSSR count). The van der Waals surface area contributed by atoms with E-state index < -0.39 is 0 Å². The van der Waals surface area contributed by atoms with Crippen LogP contribution >= 0.6 is 0 Å². The highest BCUT2D eigenvalue weighted by Crippen LogP contribution is 2.17. The number of nitrogens with one attached hydrogen (secondary N) is 1. The summed E-state index contributed by atoms with van der Waals surface area (Å²) in [7, 11) is 0. The van der Waals surface area contributed by atoms with Crippen LogP contribution in [-0.2, 0) is 6.54 Å². The number of para-hydroxylation sites is 1. The molecule has 19 heavy (non-hydrogen) atoms. The van der Waals surface area contributed by atoms with Crippen LogP contribution < -0.4 is 5.32 Å². The smallest absolute Gasteiger partial charge is 0.317 e. The molecule has 0 radical (unpaired) electrons. The number of rotatable bonds is 2. The third-order valence-corrected chi connectivity index (χ3v) is 3.50. The van der Waals surface area contributed by atoms with Crippen LogP contribution in [-0.4, -0.2) is 29.2 Å². The maximum atomic E-state index is 12.0. The minimum absolute atomic E-state index is 0.00761. The number of fused-ring (bicyclic) bond motifs is 1. The van der Waals surface area contributed by atoms with Crippen LogP contribution in [0, 0.1) is 0 Å². The van der Waals surface area contributed by atoms with Crippen LogP contribution in [0.3, 0.4) is 0 Å². The molecule has 1 aromatic heterocycles. The molecule has 0 aliphatic carbocycles. The van der Waals surface area contributed by atoms with Crippen LogP contribution in [0.5, 0.6) is 0 Å². The lowest BCUT2D eigenvalue weighted by Crippen LogP contribution is -2.42. The predicted molar refractivity (Wildman–Crippen MR) is 71.7 cm³/mol. The van der Waals surface area contributed by atoms with Crippen molar-refractivity contribution < 1.29 is 9.32 Å². The fourth-order valence-electron chi connectivity index (χ4n) is 2.43. The largest absolute Gasteiger partial charge is 0.356 e. The standard InChI is InChI=1S/C14H17N3O2/c18-14(17-8-4-1-5-9-17)15-10-12-11-6-2-3-7-13(11)19-16-12/h2-3,6-7H,1,4-5,8-10H2,(H,15,18). The molecule has 1 aliphatic heterocycles. The van der Waals surface area contributed by atoms with Crippen molar-refractivity contribution in [3.8, 4) is 0 Å². The lowest BCUT2D eigenvalue weighted by Gasteiger charge is -2.26. The summed E-state index contributed by atoms with van der Waals surface area (Å²) in [6, 6.07) is 7.66. The van der Waals surface area contributed by atoms with Gasteiger partial charge in [0.1, 0.15) is 5.69 Å². The van der Waals surface area contributed by atoms with Gasteiger partial charge >= 0.3 is 6.03 Å². The monoisotopic (exact) mass is 259 g/mol. The highest BCUT2D eigenvalue weighted by molar-refractivity contribution is 5.80. The second-order valence-electron chi connectivity index (χ2n) is 4.83. The average molecular weight is 259 g/mol. The Hall–Kier alpha value is -2.04. The van der Waals surface area contributed by atoms with Crippen LogP contribution in [0.2, 0.25) is 0 Å².